The normalized spacial score (nSPS) is 15.1. The second-order valence-corrected chi connectivity index (χ2v) is 10.0. The summed E-state index contributed by atoms with van der Waals surface area (Å²) in [5, 5.41) is 3.47. The van der Waals surface area contributed by atoms with E-state index in [1.54, 1.807) is 0 Å². The third-order valence-electron chi connectivity index (χ3n) is 5.39. The molecule has 1 saturated heterocycles. The molecule has 1 aliphatic rings. The molecule has 0 N–H and O–H groups in total. The van der Waals surface area contributed by atoms with Crippen molar-refractivity contribution in [3.05, 3.63) is 40.4 Å². The van der Waals surface area contributed by atoms with Gasteiger partial charge in [0.1, 0.15) is 6.54 Å². The van der Waals surface area contributed by atoms with Gasteiger partial charge in [0.25, 0.3) is 0 Å². The number of halogens is 1. The molecule has 2 aromatic rings. The summed E-state index contributed by atoms with van der Waals surface area (Å²) in [6.45, 7) is 9.86. The van der Waals surface area contributed by atoms with Crippen LogP contribution in [0, 0.1) is 5.92 Å². The SMILES string of the molecule is CCOC(=O)C1CCN(C(=O)CN(c2ccc(Cl)cc2)c2nc(C(C)(C)C)cs2)CC1. The summed E-state index contributed by atoms with van der Waals surface area (Å²) in [5.41, 5.74) is 1.79. The first-order chi connectivity index (χ1) is 14.7. The smallest absolute Gasteiger partial charge is 0.309 e. The molecule has 1 aliphatic heterocycles. The molecule has 168 valence electrons. The average Bonchev–Trinajstić information content (AvgIpc) is 3.23. The summed E-state index contributed by atoms with van der Waals surface area (Å²) < 4.78 is 5.13. The van der Waals surface area contributed by atoms with Crippen molar-refractivity contribution < 1.29 is 14.3 Å². The molecule has 0 atom stereocenters. The second kappa shape index (κ2) is 10.0. The molecule has 1 aromatic carbocycles. The molecule has 0 saturated carbocycles. The lowest BCUT2D eigenvalue weighted by Gasteiger charge is -2.32. The van der Waals surface area contributed by atoms with E-state index in [2.05, 4.69) is 20.8 Å². The zero-order chi connectivity index (χ0) is 22.6. The van der Waals surface area contributed by atoms with Gasteiger partial charge < -0.3 is 14.5 Å². The number of amides is 1. The molecule has 8 heteroatoms. The number of piperidine rings is 1. The topological polar surface area (TPSA) is 62.7 Å². The van der Waals surface area contributed by atoms with E-state index in [0.29, 0.717) is 37.6 Å². The molecular formula is C23H30ClN3O3S. The van der Waals surface area contributed by atoms with Crippen LogP contribution in [0.2, 0.25) is 5.02 Å². The lowest BCUT2D eigenvalue weighted by molar-refractivity contribution is -0.151. The maximum absolute atomic E-state index is 13.1. The maximum atomic E-state index is 13.1. The Kier molecular flexibility index (Phi) is 7.59. The number of anilines is 2. The average molecular weight is 464 g/mol. The van der Waals surface area contributed by atoms with Crippen LogP contribution in [-0.2, 0) is 19.7 Å². The highest BCUT2D eigenvalue weighted by Crippen LogP contribution is 2.33. The van der Waals surface area contributed by atoms with Gasteiger partial charge in [-0.15, -0.1) is 11.3 Å². The molecule has 3 rings (SSSR count). The van der Waals surface area contributed by atoms with Gasteiger partial charge in [-0.25, -0.2) is 4.98 Å². The molecule has 0 aliphatic carbocycles. The Morgan fingerprint density at radius 2 is 1.87 bits per heavy atom. The molecule has 0 unspecified atom stereocenters. The fourth-order valence-corrected chi connectivity index (χ4v) is 4.68. The minimum absolute atomic E-state index is 0.0183. The zero-order valence-corrected chi connectivity index (χ0v) is 20.1. The fourth-order valence-electron chi connectivity index (χ4n) is 3.48. The van der Waals surface area contributed by atoms with Gasteiger partial charge >= 0.3 is 5.97 Å². The van der Waals surface area contributed by atoms with Crippen molar-refractivity contribution in [3.63, 3.8) is 0 Å². The maximum Gasteiger partial charge on any atom is 0.309 e. The first kappa shape index (κ1) is 23.5. The van der Waals surface area contributed by atoms with Gasteiger partial charge in [0.15, 0.2) is 5.13 Å². The Morgan fingerprint density at radius 3 is 2.42 bits per heavy atom. The van der Waals surface area contributed by atoms with E-state index >= 15 is 0 Å². The first-order valence-corrected chi connectivity index (χ1v) is 11.9. The molecule has 6 nitrogen and oxygen atoms in total. The molecule has 0 spiro atoms. The fraction of sp³-hybridized carbons (Fsp3) is 0.522. The Labute approximate surface area is 193 Å². The number of hydrogen-bond acceptors (Lipinski definition) is 6. The minimum Gasteiger partial charge on any atom is -0.466 e. The first-order valence-electron chi connectivity index (χ1n) is 10.6. The molecule has 1 fully saturated rings. The van der Waals surface area contributed by atoms with Gasteiger partial charge in [-0.05, 0) is 44.0 Å². The summed E-state index contributed by atoms with van der Waals surface area (Å²) in [7, 11) is 0. The number of likely N-dealkylation sites (tertiary alicyclic amines) is 1. The van der Waals surface area contributed by atoms with Crippen LogP contribution in [0.4, 0.5) is 10.8 Å². The summed E-state index contributed by atoms with van der Waals surface area (Å²) in [6.07, 6.45) is 1.27. The lowest BCUT2D eigenvalue weighted by atomic mass is 9.93. The third-order valence-corrected chi connectivity index (χ3v) is 6.51. The summed E-state index contributed by atoms with van der Waals surface area (Å²) >= 11 is 7.60. The highest BCUT2D eigenvalue weighted by Gasteiger charge is 2.30. The van der Waals surface area contributed by atoms with Crippen molar-refractivity contribution in [1.82, 2.24) is 9.88 Å². The summed E-state index contributed by atoms with van der Waals surface area (Å²) in [5.74, 6) is -0.260. The molecule has 1 aromatic heterocycles. The predicted octanol–water partition coefficient (Wildman–Crippen LogP) is 5.03. The highest BCUT2D eigenvalue weighted by molar-refractivity contribution is 7.13. The van der Waals surface area contributed by atoms with Crippen LogP contribution >= 0.6 is 22.9 Å². The Hall–Kier alpha value is -2.12. The molecule has 31 heavy (non-hydrogen) atoms. The number of nitrogens with zero attached hydrogens (tertiary/aromatic N) is 3. The van der Waals surface area contributed by atoms with E-state index in [9.17, 15) is 9.59 Å². The van der Waals surface area contributed by atoms with Crippen LogP contribution in [0.25, 0.3) is 0 Å². The second-order valence-electron chi connectivity index (χ2n) is 8.73. The van der Waals surface area contributed by atoms with Gasteiger partial charge in [0.2, 0.25) is 5.91 Å². The number of esters is 1. The van der Waals surface area contributed by atoms with E-state index in [4.69, 9.17) is 21.3 Å². The number of aromatic nitrogens is 1. The Balaban J connectivity index is 1.75. The number of rotatable bonds is 6. The standard InChI is InChI=1S/C23H30ClN3O3S/c1-5-30-21(29)16-10-12-26(13-11-16)20(28)14-27(18-8-6-17(24)7-9-18)22-25-19(15-31-22)23(2,3)4/h6-9,15-16H,5,10-14H2,1-4H3. The van der Waals surface area contributed by atoms with Gasteiger partial charge in [0, 0.05) is 34.6 Å². The van der Waals surface area contributed by atoms with Crippen molar-refractivity contribution in [2.75, 3.05) is 31.1 Å². The van der Waals surface area contributed by atoms with Crippen molar-refractivity contribution in [2.24, 2.45) is 5.92 Å². The number of ether oxygens (including phenoxy) is 1. The van der Waals surface area contributed by atoms with Crippen LogP contribution in [0.1, 0.15) is 46.2 Å². The monoisotopic (exact) mass is 463 g/mol. The number of carbonyl (C=O) groups excluding carboxylic acids is 2. The van der Waals surface area contributed by atoms with Crippen LogP contribution in [0.3, 0.4) is 0 Å². The Bertz CT molecular complexity index is 900. The van der Waals surface area contributed by atoms with Gasteiger partial charge in [-0.2, -0.15) is 0 Å². The minimum atomic E-state index is -0.158. The summed E-state index contributed by atoms with van der Waals surface area (Å²) in [6, 6.07) is 7.44. The van der Waals surface area contributed by atoms with Crippen LogP contribution in [-0.4, -0.2) is 48.0 Å². The van der Waals surface area contributed by atoms with Crippen LogP contribution in [0.5, 0.6) is 0 Å². The van der Waals surface area contributed by atoms with Crippen molar-refractivity contribution in [1.29, 1.82) is 0 Å². The van der Waals surface area contributed by atoms with E-state index < -0.39 is 0 Å². The molecule has 0 radical (unpaired) electrons. The quantitative estimate of drug-likeness (QED) is 0.562. The van der Waals surface area contributed by atoms with E-state index in [-0.39, 0.29) is 29.8 Å². The van der Waals surface area contributed by atoms with E-state index in [1.807, 2.05) is 46.4 Å². The molecular weight excluding hydrogens is 434 g/mol. The van der Waals surface area contributed by atoms with Crippen LogP contribution < -0.4 is 4.90 Å². The van der Waals surface area contributed by atoms with Gasteiger partial charge in [-0.1, -0.05) is 32.4 Å². The van der Waals surface area contributed by atoms with Crippen molar-refractivity contribution >= 4 is 45.6 Å². The molecule has 1 amide bonds. The Morgan fingerprint density at radius 1 is 1.23 bits per heavy atom. The summed E-state index contributed by atoms with van der Waals surface area (Å²) in [4.78, 5) is 33.7. The van der Waals surface area contributed by atoms with Crippen LogP contribution in [0.15, 0.2) is 29.6 Å². The van der Waals surface area contributed by atoms with E-state index in [1.165, 1.54) is 11.3 Å². The number of hydrogen-bond donors (Lipinski definition) is 0. The van der Waals surface area contributed by atoms with E-state index in [0.717, 1.165) is 16.5 Å². The molecule has 2 heterocycles. The number of benzene rings is 1. The molecule has 0 bridgehead atoms. The van der Waals surface area contributed by atoms with Crippen molar-refractivity contribution in [2.45, 2.75) is 46.0 Å². The number of carbonyl (C=O) groups is 2. The van der Waals surface area contributed by atoms with Gasteiger partial charge in [-0.3, -0.25) is 9.59 Å². The van der Waals surface area contributed by atoms with Crippen molar-refractivity contribution in [3.8, 4) is 0 Å². The predicted molar refractivity (Wildman–Crippen MR) is 125 cm³/mol. The zero-order valence-electron chi connectivity index (χ0n) is 18.6. The number of thiazole rings is 1. The lowest BCUT2D eigenvalue weighted by Crippen LogP contribution is -2.44. The highest BCUT2D eigenvalue weighted by atomic mass is 35.5. The largest absolute Gasteiger partial charge is 0.466 e. The van der Waals surface area contributed by atoms with Gasteiger partial charge in [0.05, 0.1) is 18.2 Å². The third kappa shape index (κ3) is 5.98.